The van der Waals surface area contributed by atoms with E-state index in [1.54, 1.807) is 0 Å². The molecule has 0 spiro atoms. The Balaban J connectivity index is 1.72. The molecule has 156 valence electrons. The minimum Gasteiger partial charge on any atom is -0.506 e. The van der Waals surface area contributed by atoms with Crippen LogP contribution in [-0.4, -0.2) is 63.7 Å². The lowest BCUT2D eigenvalue weighted by Gasteiger charge is -2.36. The average molecular weight is 416 g/mol. The van der Waals surface area contributed by atoms with E-state index in [9.17, 15) is 28.2 Å². The quantitative estimate of drug-likeness (QED) is 0.505. The summed E-state index contributed by atoms with van der Waals surface area (Å²) < 4.78 is 36.9. The second-order valence-corrected chi connectivity index (χ2v) is 9.03. The van der Waals surface area contributed by atoms with E-state index < -0.39 is 46.6 Å². The van der Waals surface area contributed by atoms with E-state index in [2.05, 4.69) is 10.2 Å². The van der Waals surface area contributed by atoms with Gasteiger partial charge in [0.25, 0.3) is 11.8 Å². The van der Waals surface area contributed by atoms with Crippen LogP contribution in [0.2, 0.25) is 0 Å². The second-order valence-electron chi connectivity index (χ2n) is 7.35. The van der Waals surface area contributed by atoms with E-state index >= 15 is 0 Å². The highest BCUT2D eigenvalue weighted by Gasteiger charge is 2.38. The topological polar surface area (TPSA) is 125 Å². The first-order valence-corrected chi connectivity index (χ1v) is 10.4. The summed E-state index contributed by atoms with van der Waals surface area (Å²) in [4.78, 5) is 26.0. The third kappa shape index (κ3) is 4.17. The van der Waals surface area contributed by atoms with Crippen molar-refractivity contribution in [3.63, 3.8) is 0 Å². The van der Waals surface area contributed by atoms with Crippen molar-refractivity contribution in [2.75, 3.05) is 24.9 Å². The Bertz CT molecular complexity index is 760. The number of hydrogen-bond acceptors (Lipinski definition) is 7. The number of carbonyl (C=O) groups is 2. The van der Waals surface area contributed by atoms with Gasteiger partial charge >= 0.3 is 0 Å². The van der Waals surface area contributed by atoms with Gasteiger partial charge in [0.15, 0.2) is 5.82 Å². The largest absolute Gasteiger partial charge is 0.506 e. The van der Waals surface area contributed by atoms with E-state index in [0.29, 0.717) is 10.3 Å². The smallest absolute Gasteiger partial charge is 0.260 e. The molecular weight excluding hydrogens is 391 g/mol. The number of phenolic OH excluding ortho intramolecular Hbond substituents is 1. The molecule has 1 aromatic rings. The fourth-order valence-corrected chi connectivity index (χ4v) is 4.85. The molecule has 0 atom stereocenters. The number of carbonyl (C=O) groups excluding carboxylic acids is 2. The SMILES string of the molecule is CN(C)C1CCC(NC(=O)c2cc(O)c(N3CC(=O)NS3(O)O)c(F)c2)CC1. The monoisotopic (exact) mass is 416 g/mol. The van der Waals surface area contributed by atoms with Gasteiger partial charge in [-0.3, -0.25) is 18.7 Å². The predicted molar refractivity (Wildman–Crippen MR) is 104 cm³/mol. The van der Waals surface area contributed by atoms with Crippen molar-refractivity contribution in [2.45, 2.75) is 37.8 Å². The Hall–Kier alpha value is -2.08. The Morgan fingerprint density at radius 3 is 2.43 bits per heavy atom. The standard InChI is InChI=1S/C17H25FN4O5S/c1-21(2)12-5-3-11(4-6-12)19-17(25)10-7-13(18)16(14(23)8-10)22-9-15(24)20-28(22,26)27/h7-8,11-12,23,26-27H,3-6,9H2,1-2H3,(H,19,25)(H,20,24). The van der Waals surface area contributed by atoms with Crippen LogP contribution in [0.5, 0.6) is 5.75 Å². The van der Waals surface area contributed by atoms with Crippen molar-refractivity contribution in [1.82, 2.24) is 14.9 Å². The van der Waals surface area contributed by atoms with Gasteiger partial charge < -0.3 is 15.3 Å². The number of anilines is 1. The maximum Gasteiger partial charge on any atom is 0.260 e. The second kappa shape index (κ2) is 7.74. The van der Waals surface area contributed by atoms with Crippen LogP contribution >= 0.6 is 11.0 Å². The Labute approximate surface area is 164 Å². The first-order valence-electron chi connectivity index (χ1n) is 8.95. The van der Waals surface area contributed by atoms with E-state index in [-0.39, 0.29) is 11.6 Å². The molecule has 9 nitrogen and oxygen atoms in total. The molecule has 1 saturated carbocycles. The molecule has 0 aromatic heterocycles. The number of benzene rings is 1. The molecule has 2 fully saturated rings. The molecular formula is C17H25FN4O5S. The molecule has 0 unspecified atom stereocenters. The third-order valence-corrected chi connectivity index (χ3v) is 6.59. The van der Waals surface area contributed by atoms with Gasteiger partial charge in [-0.25, -0.2) is 13.4 Å². The number of nitrogens with zero attached hydrogens (tertiary/aromatic N) is 2. The van der Waals surface area contributed by atoms with Crippen LogP contribution in [0.4, 0.5) is 10.1 Å². The molecule has 11 heteroatoms. The van der Waals surface area contributed by atoms with E-state index in [1.165, 1.54) is 0 Å². The fourth-order valence-electron chi connectivity index (χ4n) is 3.63. The number of nitrogens with one attached hydrogen (secondary N) is 2. The fraction of sp³-hybridized carbons (Fsp3) is 0.529. The van der Waals surface area contributed by atoms with E-state index in [1.807, 2.05) is 18.8 Å². The molecule has 3 rings (SSSR count). The average Bonchev–Trinajstić information content (AvgIpc) is 2.86. The van der Waals surface area contributed by atoms with Crippen LogP contribution in [0.25, 0.3) is 0 Å². The Morgan fingerprint density at radius 2 is 1.93 bits per heavy atom. The molecule has 1 aliphatic carbocycles. The van der Waals surface area contributed by atoms with Crippen molar-refractivity contribution in [1.29, 1.82) is 0 Å². The van der Waals surface area contributed by atoms with Crippen LogP contribution in [0.15, 0.2) is 12.1 Å². The minimum absolute atomic E-state index is 0.0269. The van der Waals surface area contributed by atoms with Crippen LogP contribution < -0.4 is 14.3 Å². The van der Waals surface area contributed by atoms with E-state index in [0.717, 1.165) is 37.8 Å². The predicted octanol–water partition coefficient (Wildman–Crippen LogP) is 1.65. The summed E-state index contributed by atoms with van der Waals surface area (Å²) in [6.07, 6.45) is 3.52. The third-order valence-electron chi connectivity index (χ3n) is 5.16. The van der Waals surface area contributed by atoms with Gasteiger partial charge in [0.2, 0.25) is 0 Å². The van der Waals surface area contributed by atoms with Gasteiger partial charge in [0.05, 0.1) is 0 Å². The molecule has 2 amide bonds. The van der Waals surface area contributed by atoms with Crippen molar-refractivity contribution >= 4 is 28.5 Å². The molecule has 0 radical (unpaired) electrons. The first kappa shape index (κ1) is 20.6. The van der Waals surface area contributed by atoms with Gasteiger partial charge in [-0.2, -0.15) is 0 Å². The van der Waals surface area contributed by atoms with Gasteiger partial charge in [-0.15, -0.1) is 0 Å². The summed E-state index contributed by atoms with van der Waals surface area (Å²) in [6.45, 7) is -0.520. The van der Waals surface area contributed by atoms with Crippen molar-refractivity contribution in [2.24, 2.45) is 0 Å². The van der Waals surface area contributed by atoms with Crippen LogP contribution in [0, 0.1) is 5.82 Å². The van der Waals surface area contributed by atoms with Gasteiger partial charge in [0, 0.05) is 17.6 Å². The van der Waals surface area contributed by atoms with Crippen molar-refractivity contribution < 1.29 is 28.2 Å². The van der Waals surface area contributed by atoms with Crippen LogP contribution in [-0.2, 0) is 4.79 Å². The number of amides is 2. The highest BCUT2D eigenvalue weighted by atomic mass is 32.3. The summed E-state index contributed by atoms with van der Waals surface area (Å²) in [6, 6.07) is 2.41. The van der Waals surface area contributed by atoms with Gasteiger partial charge in [0.1, 0.15) is 18.0 Å². The molecule has 2 aliphatic rings. The van der Waals surface area contributed by atoms with Crippen molar-refractivity contribution in [3.8, 4) is 5.75 Å². The molecule has 1 saturated heterocycles. The first-order chi connectivity index (χ1) is 13.1. The summed E-state index contributed by atoms with van der Waals surface area (Å²) in [7, 11) is 0.273. The Morgan fingerprint density at radius 1 is 1.29 bits per heavy atom. The Kier molecular flexibility index (Phi) is 5.71. The minimum atomic E-state index is -3.77. The highest BCUT2D eigenvalue weighted by molar-refractivity contribution is 8.24. The van der Waals surface area contributed by atoms with Crippen LogP contribution in [0.3, 0.4) is 0 Å². The normalized spacial score (nSPS) is 25.5. The van der Waals surface area contributed by atoms with E-state index in [4.69, 9.17) is 0 Å². The number of aromatic hydroxyl groups is 1. The van der Waals surface area contributed by atoms with Crippen LogP contribution in [0.1, 0.15) is 36.0 Å². The lowest BCUT2D eigenvalue weighted by molar-refractivity contribution is -0.117. The number of phenols is 1. The summed E-state index contributed by atoms with van der Waals surface area (Å²) in [5.74, 6) is -2.92. The van der Waals surface area contributed by atoms with Gasteiger partial charge in [-0.1, -0.05) is 0 Å². The molecule has 1 heterocycles. The maximum absolute atomic E-state index is 14.6. The molecule has 0 bridgehead atoms. The molecule has 1 aliphatic heterocycles. The molecule has 1 aromatic carbocycles. The lowest BCUT2D eigenvalue weighted by Crippen LogP contribution is -2.41. The van der Waals surface area contributed by atoms with Crippen molar-refractivity contribution in [3.05, 3.63) is 23.5 Å². The lowest BCUT2D eigenvalue weighted by atomic mass is 9.90. The zero-order valence-electron chi connectivity index (χ0n) is 15.7. The number of hydrogen-bond donors (Lipinski definition) is 5. The summed E-state index contributed by atoms with van der Waals surface area (Å²) in [5, 5.41) is 13.0. The maximum atomic E-state index is 14.6. The zero-order chi connectivity index (χ0) is 20.6. The van der Waals surface area contributed by atoms with Gasteiger partial charge in [-0.05, 0) is 62.9 Å². The summed E-state index contributed by atoms with van der Waals surface area (Å²) >= 11 is 0. The zero-order valence-corrected chi connectivity index (χ0v) is 16.5. The molecule has 5 N–H and O–H groups in total. The molecule has 28 heavy (non-hydrogen) atoms. The number of halogens is 1. The highest BCUT2D eigenvalue weighted by Crippen LogP contribution is 2.49. The summed E-state index contributed by atoms with van der Waals surface area (Å²) in [5.41, 5.74) is -0.621. The number of rotatable bonds is 4.